The Balaban J connectivity index is 2.48. The highest BCUT2D eigenvalue weighted by Gasteiger charge is 2.24. The van der Waals surface area contributed by atoms with E-state index in [1.54, 1.807) is 0 Å². The van der Waals surface area contributed by atoms with E-state index in [1.807, 2.05) is 18.2 Å². The van der Waals surface area contributed by atoms with E-state index in [0.29, 0.717) is 5.92 Å². The molecule has 0 N–H and O–H groups in total. The summed E-state index contributed by atoms with van der Waals surface area (Å²) in [6.45, 7) is 3.88. The van der Waals surface area contributed by atoms with Crippen molar-refractivity contribution in [3.63, 3.8) is 0 Å². The van der Waals surface area contributed by atoms with Gasteiger partial charge in [0.25, 0.3) is 0 Å². The summed E-state index contributed by atoms with van der Waals surface area (Å²) >= 11 is 0. The zero-order valence-corrected chi connectivity index (χ0v) is 8.90. The van der Waals surface area contributed by atoms with Crippen LogP contribution in [0.25, 0.3) is 10.8 Å². The fourth-order valence-electron chi connectivity index (χ4n) is 2.68. The molecule has 0 amide bonds. The van der Waals surface area contributed by atoms with Crippen molar-refractivity contribution in [1.82, 2.24) is 0 Å². The molecular formula is C15H11N. The van der Waals surface area contributed by atoms with Gasteiger partial charge in [0.2, 0.25) is 0 Å². The first kappa shape index (κ1) is 9.18. The summed E-state index contributed by atoms with van der Waals surface area (Å²) in [6, 6.07) is 12.6. The molecule has 0 bridgehead atoms. The van der Waals surface area contributed by atoms with Gasteiger partial charge in [-0.15, -0.1) is 6.58 Å². The summed E-state index contributed by atoms with van der Waals surface area (Å²) in [5, 5.41) is 11.7. The van der Waals surface area contributed by atoms with E-state index in [-0.39, 0.29) is 0 Å². The average Bonchev–Trinajstić information content (AvgIpc) is 2.71. The molecule has 3 rings (SSSR count). The molecule has 0 spiro atoms. The normalized spacial score (nSPS) is 17.3. The lowest BCUT2D eigenvalue weighted by Crippen LogP contribution is -1.94. The molecule has 2 aromatic carbocycles. The lowest BCUT2D eigenvalue weighted by molar-refractivity contribution is 0.883. The van der Waals surface area contributed by atoms with Crippen LogP contribution in [0.2, 0.25) is 0 Å². The maximum atomic E-state index is 9.16. The lowest BCUT2D eigenvalue weighted by Gasteiger charge is -2.07. The van der Waals surface area contributed by atoms with Crippen LogP contribution < -0.4 is 0 Å². The van der Waals surface area contributed by atoms with Crippen LogP contribution in [-0.4, -0.2) is 0 Å². The Morgan fingerprint density at radius 3 is 2.94 bits per heavy atom. The molecule has 0 aliphatic heterocycles. The summed E-state index contributed by atoms with van der Waals surface area (Å²) in [6.07, 6.45) is 2.94. The number of hydrogen-bond acceptors (Lipinski definition) is 1. The van der Waals surface area contributed by atoms with Crippen molar-refractivity contribution in [3.8, 4) is 6.07 Å². The van der Waals surface area contributed by atoms with Crippen LogP contribution in [-0.2, 0) is 6.42 Å². The Morgan fingerprint density at radius 1 is 1.31 bits per heavy atom. The SMILES string of the molecule is C=C[C@@H]1Cc2cccc3ccc(C#N)c1c23. The fourth-order valence-corrected chi connectivity index (χ4v) is 2.68. The van der Waals surface area contributed by atoms with Crippen LogP contribution in [0.5, 0.6) is 0 Å². The Bertz CT molecular complexity index is 632. The molecule has 1 atom stereocenters. The molecule has 0 aromatic heterocycles. The van der Waals surface area contributed by atoms with Crippen LogP contribution in [0.1, 0.15) is 22.6 Å². The molecule has 0 unspecified atom stereocenters. The largest absolute Gasteiger partial charge is 0.192 e. The molecule has 76 valence electrons. The standard InChI is InChI=1S/C15H11N/c1-2-10-8-12-5-3-4-11-6-7-13(9-16)14(10)15(11)12/h2-7,10H,1,8H2/t10-/m1/s1. The highest BCUT2D eigenvalue weighted by molar-refractivity contribution is 5.93. The summed E-state index contributed by atoms with van der Waals surface area (Å²) < 4.78 is 0. The summed E-state index contributed by atoms with van der Waals surface area (Å²) in [5.41, 5.74) is 3.31. The van der Waals surface area contributed by atoms with Gasteiger partial charge in [-0.1, -0.05) is 30.3 Å². The fraction of sp³-hybridized carbons (Fsp3) is 0.133. The third kappa shape index (κ3) is 1.05. The minimum Gasteiger partial charge on any atom is -0.192 e. The van der Waals surface area contributed by atoms with Crippen molar-refractivity contribution in [3.05, 3.63) is 59.7 Å². The van der Waals surface area contributed by atoms with Crippen molar-refractivity contribution < 1.29 is 0 Å². The predicted molar refractivity (Wildman–Crippen MR) is 65.3 cm³/mol. The second kappa shape index (κ2) is 3.21. The molecule has 1 heteroatoms. The minimum absolute atomic E-state index is 0.302. The van der Waals surface area contributed by atoms with Gasteiger partial charge in [-0.2, -0.15) is 5.26 Å². The number of hydrogen-bond donors (Lipinski definition) is 0. The quantitative estimate of drug-likeness (QED) is 0.653. The van der Waals surface area contributed by atoms with Gasteiger partial charge in [0.1, 0.15) is 0 Å². The van der Waals surface area contributed by atoms with Gasteiger partial charge in [0.05, 0.1) is 11.6 Å². The van der Waals surface area contributed by atoms with Crippen molar-refractivity contribution in [2.75, 3.05) is 0 Å². The lowest BCUT2D eigenvalue weighted by atomic mass is 9.95. The number of nitriles is 1. The maximum Gasteiger partial charge on any atom is 0.0994 e. The molecule has 0 saturated heterocycles. The summed E-state index contributed by atoms with van der Waals surface area (Å²) in [4.78, 5) is 0. The van der Waals surface area contributed by atoms with Gasteiger partial charge >= 0.3 is 0 Å². The smallest absolute Gasteiger partial charge is 0.0994 e. The molecule has 1 aliphatic carbocycles. The van der Waals surface area contributed by atoms with Crippen molar-refractivity contribution in [2.45, 2.75) is 12.3 Å². The number of allylic oxidation sites excluding steroid dienone is 1. The van der Waals surface area contributed by atoms with E-state index in [9.17, 15) is 0 Å². The minimum atomic E-state index is 0.302. The van der Waals surface area contributed by atoms with E-state index < -0.39 is 0 Å². The van der Waals surface area contributed by atoms with Crippen molar-refractivity contribution in [2.24, 2.45) is 0 Å². The molecule has 1 aliphatic rings. The van der Waals surface area contributed by atoms with Gasteiger partial charge in [-0.25, -0.2) is 0 Å². The zero-order chi connectivity index (χ0) is 11.1. The van der Waals surface area contributed by atoms with Crippen LogP contribution in [0.3, 0.4) is 0 Å². The summed E-state index contributed by atoms with van der Waals surface area (Å²) in [5.74, 6) is 0.302. The molecule has 0 saturated carbocycles. The van der Waals surface area contributed by atoms with Crippen LogP contribution in [0.4, 0.5) is 0 Å². The zero-order valence-electron chi connectivity index (χ0n) is 8.90. The first-order valence-corrected chi connectivity index (χ1v) is 5.42. The van der Waals surface area contributed by atoms with E-state index in [4.69, 9.17) is 5.26 Å². The molecule has 0 fully saturated rings. The van der Waals surface area contributed by atoms with Gasteiger partial charge < -0.3 is 0 Å². The third-order valence-electron chi connectivity index (χ3n) is 3.39. The van der Waals surface area contributed by atoms with Gasteiger partial charge in [-0.3, -0.25) is 0 Å². The Hall–Kier alpha value is -2.07. The highest BCUT2D eigenvalue weighted by Crippen LogP contribution is 2.40. The molecular weight excluding hydrogens is 194 g/mol. The van der Waals surface area contributed by atoms with E-state index in [1.165, 1.54) is 21.9 Å². The van der Waals surface area contributed by atoms with E-state index >= 15 is 0 Å². The summed E-state index contributed by atoms with van der Waals surface area (Å²) in [7, 11) is 0. The van der Waals surface area contributed by atoms with E-state index in [0.717, 1.165) is 12.0 Å². The second-order valence-electron chi connectivity index (χ2n) is 4.20. The van der Waals surface area contributed by atoms with Gasteiger partial charge in [-0.05, 0) is 34.4 Å². The second-order valence-corrected chi connectivity index (χ2v) is 4.20. The Morgan fingerprint density at radius 2 is 2.19 bits per heavy atom. The van der Waals surface area contributed by atoms with Gasteiger partial charge in [0.15, 0.2) is 0 Å². The number of rotatable bonds is 1. The van der Waals surface area contributed by atoms with Crippen molar-refractivity contribution in [1.29, 1.82) is 5.26 Å². The molecule has 2 aromatic rings. The number of benzene rings is 2. The first-order chi connectivity index (χ1) is 7.85. The van der Waals surface area contributed by atoms with Crippen LogP contribution in [0.15, 0.2) is 43.0 Å². The molecule has 0 heterocycles. The monoisotopic (exact) mass is 205 g/mol. The molecule has 1 nitrogen and oxygen atoms in total. The molecule has 0 radical (unpaired) electrons. The van der Waals surface area contributed by atoms with Gasteiger partial charge in [0, 0.05) is 5.92 Å². The third-order valence-corrected chi connectivity index (χ3v) is 3.39. The van der Waals surface area contributed by atoms with Crippen LogP contribution in [0, 0.1) is 11.3 Å². The first-order valence-electron chi connectivity index (χ1n) is 5.42. The van der Waals surface area contributed by atoms with Crippen LogP contribution >= 0.6 is 0 Å². The average molecular weight is 205 g/mol. The van der Waals surface area contributed by atoms with Crippen molar-refractivity contribution >= 4 is 10.8 Å². The topological polar surface area (TPSA) is 23.8 Å². The Labute approximate surface area is 94.6 Å². The highest BCUT2D eigenvalue weighted by atomic mass is 14.3. The maximum absolute atomic E-state index is 9.16. The predicted octanol–water partition coefficient (Wildman–Crippen LogP) is 3.54. The molecule has 16 heavy (non-hydrogen) atoms. The Kier molecular flexibility index (Phi) is 1.84. The number of nitrogens with zero attached hydrogens (tertiary/aromatic N) is 1. The van der Waals surface area contributed by atoms with E-state index in [2.05, 4.69) is 30.8 Å².